The van der Waals surface area contributed by atoms with Crippen molar-refractivity contribution < 1.29 is 13.2 Å². The van der Waals surface area contributed by atoms with E-state index in [1.165, 1.54) is 25.6 Å². The maximum atomic E-state index is 12.4. The van der Waals surface area contributed by atoms with Gasteiger partial charge in [-0.3, -0.25) is 0 Å². The number of hydrogen-bond acceptors (Lipinski definition) is 4. The third-order valence-corrected chi connectivity index (χ3v) is 1.85. The molecular weight excluding hydrogens is 204 g/mol. The van der Waals surface area contributed by atoms with Crippen LogP contribution in [0.1, 0.15) is 17.9 Å². The predicted octanol–water partition coefficient (Wildman–Crippen LogP) is 2.38. The van der Waals surface area contributed by atoms with E-state index in [4.69, 9.17) is 4.42 Å². The zero-order chi connectivity index (χ0) is 10.8. The maximum absolute atomic E-state index is 12.4. The fourth-order valence-electron chi connectivity index (χ4n) is 1.14. The molecule has 0 aliphatic carbocycles. The monoisotopic (exact) mass is 211 g/mol. The Balaban J connectivity index is 2.43. The van der Waals surface area contributed by atoms with Gasteiger partial charge in [-0.1, -0.05) is 0 Å². The Bertz CT molecular complexity index is 456. The topological polar surface area (TPSA) is 51.8 Å². The summed E-state index contributed by atoms with van der Waals surface area (Å²) in [5.41, 5.74) is 0.140. The summed E-state index contributed by atoms with van der Waals surface area (Å²) in [6.07, 6.45) is 1.61. The van der Waals surface area contributed by atoms with Gasteiger partial charge in [-0.2, -0.15) is 0 Å². The second-order valence-corrected chi connectivity index (χ2v) is 2.89. The van der Waals surface area contributed by atoms with Crippen LogP contribution in [-0.2, 0) is 0 Å². The van der Waals surface area contributed by atoms with Gasteiger partial charge in [0.2, 0.25) is 5.89 Å². The van der Waals surface area contributed by atoms with E-state index in [1.807, 2.05) is 0 Å². The Hall–Kier alpha value is -1.85. The molecule has 6 heteroatoms. The van der Waals surface area contributed by atoms with Crippen LogP contribution in [0.25, 0.3) is 11.5 Å². The summed E-state index contributed by atoms with van der Waals surface area (Å²) in [4.78, 5) is 11.2. The average molecular weight is 211 g/mol. The first-order valence-electron chi connectivity index (χ1n) is 4.19. The van der Waals surface area contributed by atoms with Gasteiger partial charge in [0.15, 0.2) is 0 Å². The van der Waals surface area contributed by atoms with Crippen molar-refractivity contribution in [1.82, 2.24) is 15.0 Å². The molecular formula is C9H7F2N3O. The number of halogens is 2. The Morgan fingerprint density at radius 2 is 1.93 bits per heavy atom. The summed E-state index contributed by atoms with van der Waals surface area (Å²) in [5.74, 6) is 0.229. The molecule has 0 N–H and O–H groups in total. The number of hydrogen-bond donors (Lipinski definition) is 0. The molecule has 0 spiro atoms. The fraction of sp³-hybridized carbons (Fsp3) is 0.222. The lowest BCUT2D eigenvalue weighted by Gasteiger charge is -1.91. The lowest BCUT2D eigenvalue weighted by molar-refractivity contribution is 0.145. The smallest absolute Gasteiger partial charge is 0.283 e. The molecule has 15 heavy (non-hydrogen) atoms. The van der Waals surface area contributed by atoms with E-state index in [-0.39, 0.29) is 17.3 Å². The van der Waals surface area contributed by atoms with Crippen molar-refractivity contribution in [1.29, 1.82) is 0 Å². The van der Waals surface area contributed by atoms with Gasteiger partial charge in [-0.15, -0.1) is 0 Å². The largest absolute Gasteiger partial charge is 0.441 e. The maximum Gasteiger partial charge on any atom is 0.283 e. The van der Waals surface area contributed by atoms with Gasteiger partial charge in [0.05, 0.1) is 5.56 Å². The number of rotatable bonds is 2. The summed E-state index contributed by atoms with van der Waals surface area (Å²) in [7, 11) is 0. The highest BCUT2D eigenvalue weighted by atomic mass is 19.3. The van der Waals surface area contributed by atoms with Gasteiger partial charge in [-0.05, 0) is 6.92 Å². The fourth-order valence-corrected chi connectivity index (χ4v) is 1.14. The van der Waals surface area contributed by atoms with E-state index < -0.39 is 6.43 Å². The molecule has 0 aromatic carbocycles. The third-order valence-electron chi connectivity index (χ3n) is 1.85. The lowest BCUT2D eigenvalue weighted by atomic mass is 10.3. The van der Waals surface area contributed by atoms with Gasteiger partial charge in [-0.25, -0.2) is 23.7 Å². The number of aromatic nitrogens is 3. The van der Waals surface area contributed by atoms with Gasteiger partial charge >= 0.3 is 0 Å². The van der Waals surface area contributed by atoms with Crippen molar-refractivity contribution in [3.63, 3.8) is 0 Å². The van der Waals surface area contributed by atoms with Gasteiger partial charge in [0, 0.05) is 12.4 Å². The Morgan fingerprint density at radius 1 is 1.27 bits per heavy atom. The predicted molar refractivity (Wildman–Crippen MR) is 47.2 cm³/mol. The van der Waals surface area contributed by atoms with Crippen LogP contribution in [0.2, 0.25) is 0 Å². The van der Waals surface area contributed by atoms with E-state index in [2.05, 4.69) is 15.0 Å². The molecule has 0 radical (unpaired) electrons. The highest BCUT2D eigenvalue weighted by molar-refractivity contribution is 5.50. The van der Waals surface area contributed by atoms with Crippen molar-refractivity contribution >= 4 is 0 Å². The van der Waals surface area contributed by atoms with E-state index in [9.17, 15) is 8.78 Å². The molecule has 0 saturated heterocycles. The SMILES string of the molecule is Cc1oc(-c2cncnc2)nc1C(F)F. The van der Waals surface area contributed by atoms with Crippen LogP contribution in [0.4, 0.5) is 8.78 Å². The van der Waals surface area contributed by atoms with Crippen LogP contribution in [0, 0.1) is 6.92 Å². The van der Waals surface area contributed by atoms with Crippen LogP contribution in [0.3, 0.4) is 0 Å². The first-order valence-corrected chi connectivity index (χ1v) is 4.19. The second-order valence-electron chi connectivity index (χ2n) is 2.89. The lowest BCUT2D eigenvalue weighted by Crippen LogP contribution is -1.87. The first kappa shape index (κ1) is 9.70. The van der Waals surface area contributed by atoms with Crippen molar-refractivity contribution in [2.45, 2.75) is 13.3 Å². The molecule has 0 aliphatic heterocycles. The summed E-state index contributed by atoms with van der Waals surface area (Å²) in [6.45, 7) is 1.45. The van der Waals surface area contributed by atoms with Crippen LogP contribution < -0.4 is 0 Å². The molecule has 0 saturated carbocycles. The Kier molecular flexibility index (Phi) is 2.40. The Labute approximate surface area is 84.0 Å². The molecule has 2 heterocycles. The molecule has 0 amide bonds. The standard InChI is InChI=1S/C9H7F2N3O/c1-5-7(8(10)11)14-9(15-5)6-2-12-4-13-3-6/h2-4,8H,1H3. The molecule has 0 bridgehead atoms. The molecule has 2 rings (SSSR count). The normalized spacial score (nSPS) is 10.9. The minimum Gasteiger partial charge on any atom is -0.441 e. The third kappa shape index (κ3) is 1.83. The number of oxazole rings is 1. The molecule has 4 nitrogen and oxygen atoms in total. The van der Waals surface area contributed by atoms with Gasteiger partial charge < -0.3 is 4.42 Å². The minimum atomic E-state index is -2.63. The van der Waals surface area contributed by atoms with Gasteiger partial charge in [0.1, 0.15) is 17.8 Å². The molecule has 0 unspecified atom stereocenters. The van der Waals surface area contributed by atoms with Crippen molar-refractivity contribution in [3.8, 4) is 11.5 Å². The number of alkyl halides is 2. The van der Waals surface area contributed by atoms with Crippen molar-refractivity contribution in [2.24, 2.45) is 0 Å². The molecule has 78 valence electrons. The van der Waals surface area contributed by atoms with Crippen molar-refractivity contribution in [3.05, 3.63) is 30.2 Å². The second kappa shape index (κ2) is 3.72. The molecule has 2 aromatic rings. The molecule has 2 aromatic heterocycles. The zero-order valence-electron chi connectivity index (χ0n) is 7.82. The highest BCUT2D eigenvalue weighted by Gasteiger charge is 2.19. The summed E-state index contributed by atoms with van der Waals surface area (Å²) in [6, 6.07) is 0. The molecule has 0 aliphatic rings. The highest BCUT2D eigenvalue weighted by Crippen LogP contribution is 2.26. The molecule has 0 fully saturated rings. The van der Waals surface area contributed by atoms with E-state index in [0.717, 1.165) is 0 Å². The van der Waals surface area contributed by atoms with E-state index >= 15 is 0 Å². The van der Waals surface area contributed by atoms with Crippen LogP contribution in [-0.4, -0.2) is 15.0 Å². The first-order chi connectivity index (χ1) is 7.18. The number of aryl methyl sites for hydroxylation is 1. The quantitative estimate of drug-likeness (QED) is 0.765. The number of nitrogens with zero attached hydrogens (tertiary/aromatic N) is 3. The van der Waals surface area contributed by atoms with Crippen LogP contribution in [0.5, 0.6) is 0 Å². The van der Waals surface area contributed by atoms with E-state index in [0.29, 0.717) is 5.56 Å². The molecule has 0 atom stereocenters. The van der Waals surface area contributed by atoms with Gasteiger partial charge in [0.25, 0.3) is 6.43 Å². The van der Waals surface area contributed by atoms with Crippen molar-refractivity contribution in [2.75, 3.05) is 0 Å². The summed E-state index contributed by atoms with van der Waals surface area (Å²) >= 11 is 0. The summed E-state index contributed by atoms with van der Waals surface area (Å²) < 4.78 is 29.9. The van der Waals surface area contributed by atoms with E-state index in [1.54, 1.807) is 0 Å². The van der Waals surface area contributed by atoms with Crippen LogP contribution in [0.15, 0.2) is 23.1 Å². The average Bonchev–Trinajstić information content (AvgIpc) is 2.62. The summed E-state index contributed by atoms with van der Waals surface area (Å²) in [5, 5.41) is 0. The van der Waals surface area contributed by atoms with Crippen LogP contribution >= 0.6 is 0 Å². The minimum absolute atomic E-state index is 0.114. The Morgan fingerprint density at radius 3 is 2.47 bits per heavy atom. The zero-order valence-corrected chi connectivity index (χ0v) is 7.82.